The van der Waals surface area contributed by atoms with Gasteiger partial charge >= 0.3 is 0 Å². The van der Waals surface area contributed by atoms with Crippen LogP contribution in [0.1, 0.15) is 26.4 Å². The highest BCUT2D eigenvalue weighted by Crippen LogP contribution is 2.26. The number of aromatic nitrogens is 2. The maximum atomic E-state index is 13.0. The molecular weight excluding hydrogens is 374 g/mol. The van der Waals surface area contributed by atoms with Crippen LogP contribution in [0.3, 0.4) is 0 Å². The van der Waals surface area contributed by atoms with E-state index < -0.39 is 10.0 Å². The van der Waals surface area contributed by atoms with E-state index in [0.29, 0.717) is 30.9 Å². The SMILES string of the molecule is Cn1ccnc1C1CNCCN1C(=O)c1ccc(CCNS(C)(=O)=O)s1. The van der Waals surface area contributed by atoms with Crippen LogP contribution < -0.4 is 10.0 Å². The molecule has 0 saturated carbocycles. The zero-order chi connectivity index (χ0) is 18.7. The Hall–Kier alpha value is -1.75. The van der Waals surface area contributed by atoms with Crippen LogP contribution in [0.15, 0.2) is 24.5 Å². The molecule has 3 rings (SSSR count). The van der Waals surface area contributed by atoms with Crippen LogP contribution in [-0.4, -0.2) is 61.2 Å². The summed E-state index contributed by atoms with van der Waals surface area (Å²) in [6.07, 6.45) is 5.32. The lowest BCUT2D eigenvalue weighted by Gasteiger charge is -2.35. The van der Waals surface area contributed by atoms with Gasteiger partial charge in [-0.2, -0.15) is 0 Å². The van der Waals surface area contributed by atoms with Gasteiger partial charge in [0.15, 0.2) is 0 Å². The van der Waals surface area contributed by atoms with Crippen molar-refractivity contribution in [1.29, 1.82) is 0 Å². The molecule has 0 bridgehead atoms. The van der Waals surface area contributed by atoms with Crippen LogP contribution in [0.25, 0.3) is 0 Å². The number of imidazole rings is 1. The molecule has 1 aliphatic rings. The highest BCUT2D eigenvalue weighted by molar-refractivity contribution is 7.88. The Balaban J connectivity index is 1.70. The minimum Gasteiger partial charge on any atom is -0.336 e. The quantitative estimate of drug-likeness (QED) is 0.734. The first-order valence-electron chi connectivity index (χ1n) is 8.37. The Morgan fingerprint density at radius 2 is 2.27 bits per heavy atom. The molecule has 2 N–H and O–H groups in total. The van der Waals surface area contributed by atoms with E-state index in [4.69, 9.17) is 0 Å². The number of hydrogen-bond donors (Lipinski definition) is 2. The van der Waals surface area contributed by atoms with E-state index in [2.05, 4.69) is 15.0 Å². The van der Waals surface area contributed by atoms with Crippen molar-refractivity contribution < 1.29 is 13.2 Å². The van der Waals surface area contributed by atoms with Crippen LogP contribution in [-0.2, 0) is 23.5 Å². The van der Waals surface area contributed by atoms with E-state index in [1.807, 2.05) is 34.8 Å². The van der Waals surface area contributed by atoms with Gasteiger partial charge in [0.1, 0.15) is 11.9 Å². The zero-order valence-electron chi connectivity index (χ0n) is 14.8. The molecule has 8 nitrogen and oxygen atoms in total. The highest BCUT2D eigenvalue weighted by Gasteiger charge is 2.31. The van der Waals surface area contributed by atoms with Gasteiger partial charge in [0.05, 0.1) is 11.1 Å². The zero-order valence-corrected chi connectivity index (χ0v) is 16.4. The first-order valence-corrected chi connectivity index (χ1v) is 11.1. The minimum absolute atomic E-state index is 0.00757. The smallest absolute Gasteiger partial charge is 0.264 e. The van der Waals surface area contributed by atoms with E-state index >= 15 is 0 Å². The number of sulfonamides is 1. The molecule has 1 amide bonds. The molecule has 0 aliphatic carbocycles. The van der Waals surface area contributed by atoms with E-state index in [1.165, 1.54) is 11.3 Å². The monoisotopic (exact) mass is 397 g/mol. The standard InChI is InChI=1S/C16H23N5O3S2/c1-20-9-8-18-15(20)13-11-17-7-10-21(13)16(22)14-4-3-12(25-14)5-6-19-26(2,23)24/h3-4,8-9,13,17,19H,5-7,10-11H2,1-2H3. The number of nitrogens with one attached hydrogen (secondary N) is 2. The summed E-state index contributed by atoms with van der Waals surface area (Å²) in [5.74, 6) is 0.853. The molecule has 2 aromatic heterocycles. The fraction of sp³-hybridized carbons (Fsp3) is 0.500. The number of hydrogen-bond acceptors (Lipinski definition) is 6. The summed E-state index contributed by atoms with van der Waals surface area (Å²) < 4.78 is 26.7. The Bertz CT molecular complexity index is 874. The first kappa shape index (κ1) is 19.0. The van der Waals surface area contributed by atoms with Crippen molar-refractivity contribution in [1.82, 2.24) is 24.5 Å². The number of thiophene rings is 1. The summed E-state index contributed by atoms with van der Waals surface area (Å²) in [5, 5.41) is 3.32. The summed E-state index contributed by atoms with van der Waals surface area (Å²) in [4.78, 5) is 20.9. The van der Waals surface area contributed by atoms with Gasteiger partial charge < -0.3 is 14.8 Å². The molecular formula is C16H23N5O3S2. The number of rotatable bonds is 6. The lowest BCUT2D eigenvalue weighted by atomic mass is 10.1. The number of nitrogens with zero attached hydrogens (tertiary/aromatic N) is 3. The van der Waals surface area contributed by atoms with Crippen molar-refractivity contribution >= 4 is 27.3 Å². The molecule has 1 atom stereocenters. The summed E-state index contributed by atoms with van der Waals surface area (Å²) in [5.41, 5.74) is 0. The largest absolute Gasteiger partial charge is 0.336 e. The Morgan fingerprint density at radius 3 is 2.96 bits per heavy atom. The predicted molar refractivity (Wildman–Crippen MR) is 101 cm³/mol. The number of piperazine rings is 1. The Kier molecular flexibility index (Phi) is 5.76. The van der Waals surface area contributed by atoms with Crippen molar-refractivity contribution in [2.75, 3.05) is 32.4 Å². The second kappa shape index (κ2) is 7.87. The number of carbonyl (C=O) groups is 1. The molecule has 0 spiro atoms. The Labute approximate surface area is 157 Å². The van der Waals surface area contributed by atoms with Crippen LogP contribution in [0.5, 0.6) is 0 Å². The average molecular weight is 398 g/mol. The van der Waals surface area contributed by atoms with E-state index in [0.717, 1.165) is 23.5 Å². The normalized spacial score (nSPS) is 18.2. The summed E-state index contributed by atoms with van der Waals surface area (Å²) in [7, 11) is -1.27. The molecule has 2 aromatic rings. The van der Waals surface area contributed by atoms with Crippen molar-refractivity contribution in [2.45, 2.75) is 12.5 Å². The van der Waals surface area contributed by atoms with Gasteiger partial charge in [0, 0.05) is 50.5 Å². The highest BCUT2D eigenvalue weighted by atomic mass is 32.2. The molecule has 1 saturated heterocycles. The van der Waals surface area contributed by atoms with Crippen LogP contribution >= 0.6 is 11.3 Å². The molecule has 0 aromatic carbocycles. The van der Waals surface area contributed by atoms with E-state index in [-0.39, 0.29) is 11.9 Å². The molecule has 142 valence electrons. The van der Waals surface area contributed by atoms with Gasteiger partial charge in [-0.1, -0.05) is 0 Å². The first-order chi connectivity index (χ1) is 12.3. The van der Waals surface area contributed by atoms with Gasteiger partial charge in [-0.15, -0.1) is 11.3 Å². The molecule has 1 aliphatic heterocycles. The van der Waals surface area contributed by atoms with Crippen molar-refractivity contribution in [3.8, 4) is 0 Å². The number of carbonyl (C=O) groups excluding carboxylic acids is 1. The van der Waals surface area contributed by atoms with Crippen molar-refractivity contribution in [3.05, 3.63) is 40.1 Å². The summed E-state index contributed by atoms with van der Waals surface area (Å²) in [6, 6.07) is 3.61. The summed E-state index contributed by atoms with van der Waals surface area (Å²) in [6.45, 7) is 2.38. The van der Waals surface area contributed by atoms with Crippen LogP contribution in [0, 0.1) is 0 Å². The minimum atomic E-state index is -3.19. The fourth-order valence-corrected chi connectivity index (χ4v) is 4.44. The third-order valence-electron chi connectivity index (χ3n) is 4.27. The Morgan fingerprint density at radius 1 is 1.46 bits per heavy atom. The average Bonchev–Trinajstić information content (AvgIpc) is 3.22. The van der Waals surface area contributed by atoms with Gasteiger partial charge in [-0.3, -0.25) is 4.79 Å². The maximum absolute atomic E-state index is 13.0. The van der Waals surface area contributed by atoms with Gasteiger partial charge in [0.25, 0.3) is 5.91 Å². The maximum Gasteiger partial charge on any atom is 0.264 e. The molecule has 1 fully saturated rings. The fourth-order valence-electron chi connectivity index (χ4n) is 3.00. The number of aryl methyl sites for hydroxylation is 1. The van der Waals surface area contributed by atoms with Gasteiger partial charge in [-0.05, 0) is 18.6 Å². The molecule has 0 radical (unpaired) electrons. The molecule has 3 heterocycles. The third kappa shape index (κ3) is 4.50. The second-order valence-corrected chi connectivity index (χ2v) is 9.30. The third-order valence-corrected chi connectivity index (χ3v) is 6.13. The molecule has 26 heavy (non-hydrogen) atoms. The van der Waals surface area contributed by atoms with E-state index in [9.17, 15) is 13.2 Å². The molecule has 1 unspecified atom stereocenters. The van der Waals surface area contributed by atoms with Gasteiger partial charge in [0.2, 0.25) is 10.0 Å². The lowest BCUT2D eigenvalue weighted by molar-refractivity contribution is 0.0626. The van der Waals surface area contributed by atoms with Gasteiger partial charge in [-0.25, -0.2) is 18.1 Å². The summed E-state index contributed by atoms with van der Waals surface area (Å²) >= 11 is 1.42. The molecule has 10 heteroatoms. The van der Waals surface area contributed by atoms with E-state index in [1.54, 1.807) is 6.20 Å². The van der Waals surface area contributed by atoms with Crippen LogP contribution in [0.2, 0.25) is 0 Å². The topological polar surface area (TPSA) is 96.3 Å². The lowest BCUT2D eigenvalue weighted by Crippen LogP contribution is -2.49. The number of amides is 1. The second-order valence-electron chi connectivity index (χ2n) is 6.30. The predicted octanol–water partition coefficient (Wildman–Crippen LogP) is 0.360. The van der Waals surface area contributed by atoms with Crippen molar-refractivity contribution in [3.63, 3.8) is 0 Å². The van der Waals surface area contributed by atoms with Crippen LogP contribution in [0.4, 0.5) is 0 Å². The van der Waals surface area contributed by atoms with Crippen molar-refractivity contribution in [2.24, 2.45) is 7.05 Å².